The quantitative estimate of drug-likeness (QED) is 0.534. The lowest BCUT2D eigenvalue weighted by molar-refractivity contribution is 0.206. The van der Waals surface area contributed by atoms with Gasteiger partial charge in [0.25, 0.3) is 0 Å². The van der Waals surface area contributed by atoms with Crippen molar-refractivity contribution in [1.82, 2.24) is 0 Å². The van der Waals surface area contributed by atoms with Gasteiger partial charge in [0.05, 0.1) is 12.1 Å². The van der Waals surface area contributed by atoms with Gasteiger partial charge in [-0.15, -0.1) is 12.6 Å². The van der Waals surface area contributed by atoms with Gasteiger partial charge >= 0.3 is 0 Å². The number of rotatable bonds is 2. The molecule has 0 aromatic heterocycles. The molecule has 0 aliphatic carbocycles. The van der Waals surface area contributed by atoms with Crippen molar-refractivity contribution < 1.29 is 10.2 Å². The third-order valence-electron chi connectivity index (χ3n) is 1.92. The summed E-state index contributed by atoms with van der Waals surface area (Å²) in [5.74, 6) is 0.0804. The average Bonchev–Trinajstić information content (AvgIpc) is 2.09. The van der Waals surface area contributed by atoms with E-state index in [-0.39, 0.29) is 12.4 Å². The minimum Gasteiger partial charge on any atom is -0.508 e. The fourth-order valence-corrected chi connectivity index (χ4v) is 1.27. The highest BCUT2D eigenvalue weighted by Crippen LogP contribution is 2.28. The lowest BCUT2D eigenvalue weighted by atomic mass is 9.93. The maximum Gasteiger partial charge on any atom is 0.120 e. The summed E-state index contributed by atoms with van der Waals surface area (Å²) < 4.78 is 0. The van der Waals surface area contributed by atoms with Crippen molar-refractivity contribution in [3.63, 3.8) is 0 Å². The van der Waals surface area contributed by atoms with E-state index in [2.05, 4.69) is 12.6 Å². The molecule has 1 aromatic carbocycles. The maximum atomic E-state index is 9.48. The summed E-state index contributed by atoms with van der Waals surface area (Å²) in [6.45, 7) is 1.42. The van der Waals surface area contributed by atoms with Crippen LogP contribution in [0.25, 0.3) is 0 Å². The van der Waals surface area contributed by atoms with E-state index in [1.54, 1.807) is 19.1 Å². The van der Waals surface area contributed by atoms with Gasteiger partial charge in [0, 0.05) is 10.5 Å². The van der Waals surface area contributed by atoms with Crippen LogP contribution in [0.3, 0.4) is 0 Å². The molecule has 13 heavy (non-hydrogen) atoms. The molecule has 1 aromatic rings. The molecular weight excluding hydrogens is 186 g/mol. The Kier molecular flexibility index (Phi) is 2.85. The number of nitrogens with two attached hydrogens (primary N) is 1. The second-order valence-electron chi connectivity index (χ2n) is 3.28. The Morgan fingerprint density at radius 2 is 2.15 bits per heavy atom. The Morgan fingerprint density at radius 3 is 2.69 bits per heavy atom. The van der Waals surface area contributed by atoms with Crippen LogP contribution >= 0.6 is 12.6 Å². The standard InChI is InChI=1S/C9H13NO2S/c1-9(10,5-11)7-4-6(13)2-3-8(7)12/h2-4,11-13H,5,10H2,1H3. The van der Waals surface area contributed by atoms with E-state index in [4.69, 9.17) is 10.8 Å². The number of benzene rings is 1. The molecule has 1 unspecified atom stereocenters. The van der Waals surface area contributed by atoms with Crippen LogP contribution in [0.15, 0.2) is 23.1 Å². The predicted molar refractivity (Wildman–Crippen MR) is 54.0 cm³/mol. The number of thiol groups is 1. The molecule has 1 rings (SSSR count). The van der Waals surface area contributed by atoms with Crippen LogP contribution in [0.2, 0.25) is 0 Å². The number of aliphatic hydroxyl groups is 1. The zero-order chi connectivity index (χ0) is 10.1. The summed E-state index contributed by atoms with van der Waals surface area (Å²) in [6, 6.07) is 4.82. The fraction of sp³-hybridized carbons (Fsp3) is 0.333. The normalized spacial score (nSPS) is 15.4. The highest BCUT2D eigenvalue weighted by atomic mass is 32.1. The highest BCUT2D eigenvalue weighted by molar-refractivity contribution is 7.80. The molecular formula is C9H13NO2S. The summed E-state index contributed by atoms with van der Waals surface area (Å²) >= 11 is 4.12. The molecule has 0 aliphatic rings. The van der Waals surface area contributed by atoms with Crippen LogP contribution in [-0.4, -0.2) is 16.8 Å². The van der Waals surface area contributed by atoms with Crippen LogP contribution in [0, 0.1) is 0 Å². The Bertz CT molecular complexity index is 312. The summed E-state index contributed by atoms with van der Waals surface area (Å²) in [4.78, 5) is 0.706. The molecule has 0 heterocycles. The van der Waals surface area contributed by atoms with Crippen molar-refractivity contribution in [2.24, 2.45) is 5.73 Å². The Morgan fingerprint density at radius 1 is 1.54 bits per heavy atom. The smallest absolute Gasteiger partial charge is 0.120 e. The molecule has 3 nitrogen and oxygen atoms in total. The molecule has 0 radical (unpaired) electrons. The van der Waals surface area contributed by atoms with E-state index in [0.29, 0.717) is 10.5 Å². The van der Waals surface area contributed by atoms with Crippen LogP contribution in [0.4, 0.5) is 0 Å². The van der Waals surface area contributed by atoms with E-state index in [0.717, 1.165) is 0 Å². The van der Waals surface area contributed by atoms with Gasteiger partial charge < -0.3 is 15.9 Å². The minimum absolute atomic E-state index is 0.0804. The van der Waals surface area contributed by atoms with Crippen molar-refractivity contribution in [3.05, 3.63) is 23.8 Å². The predicted octanol–water partition coefficient (Wildman–Crippen LogP) is 0.847. The second-order valence-corrected chi connectivity index (χ2v) is 3.79. The number of hydrogen-bond donors (Lipinski definition) is 4. The van der Waals surface area contributed by atoms with E-state index < -0.39 is 5.54 Å². The molecule has 0 saturated heterocycles. The van der Waals surface area contributed by atoms with Crippen molar-refractivity contribution in [3.8, 4) is 5.75 Å². The molecule has 4 N–H and O–H groups in total. The van der Waals surface area contributed by atoms with Gasteiger partial charge in [0.15, 0.2) is 0 Å². The highest BCUT2D eigenvalue weighted by Gasteiger charge is 2.23. The van der Waals surface area contributed by atoms with Gasteiger partial charge in [0.1, 0.15) is 5.75 Å². The molecule has 0 amide bonds. The molecule has 1 atom stereocenters. The molecule has 0 fully saturated rings. The van der Waals surface area contributed by atoms with Crippen LogP contribution in [-0.2, 0) is 5.54 Å². The summed E-state index contributed by atoms with van der Waals surface area (Å²) in [5.41, 5.74) is 5.34. The third kappa shape index (κ3) is 2.15. The van der Waals surface area contributed by atoms with Gasteiger partial charge in [-0.1, -0.05) is 0 Å². The van der Waals surface area contributed by atoms with Crippen LogP contribution in [0.5, 0.6) is 5.75 Å². The first kappa shape index (κ1) is 10.4. The third-order valence-corrected chi connectivity index (χ3v) is 2.20. The minimum atomic E-state index is -0.928. The maximum absolute atomic E-state index is 9.48. The first-order chi connectivity index (χ1) is 5.97. The molecule has 0 saturated carbocycles. The summed E-state index contributed by atoms with van der Waals surface area (Å²) in [5, 5.41) is 18.5. The van der Waals surface area contributed by atoms with Crippen molar-refractivity contribution in [2.45, 2.75) is 17.4 Å². The first-order valence-electron chi connectivity index (χ1n) is 3.89. The van der Waals surface area contributed by atoms with E-state index in [1.165, 1.54) is 6.07 Å². The fourth-order valence-electron chi connectivity index (χ4n) is 1.07. The van der Waals surface area contributed by atoms with Crippen molar-refractivity contribution in [2.75, 3.05) is 6.61 Å². The van der Waals surface area contributed by atoms with E-state index in [1.807, 2.05) is 0 Å². The number of phenolic OH excluding ortho intramolecular Hbond substituents is 1. The average molecular weight is 199 g/mol. The summed E-state index contributed by atoms with van der Waals surface area (Å²) in [6.07, 6.45) is 0. The van der Waals surface area contributed by atoms with Gasteiger partial charge in [-0.3, -0.25) is 0 Å². The number of aromatic hydroxyl groups is 1. The van der Waals surface area contributed by atoms with Crippen molar-refractivity contribution >= 4 is 12.6 Å². The largest absolute Gasteiger partial charge is 0.508 e. The van der Waals surface area contributed by atoms with Crippen molar-refractivity contribution in [1.29, 1.82) is 0 Å². The monoisotopic (exact) mass is 199 g/mol. The first-order valence-corrected chi connectivity index (χ1v) is 4.34. The molecule has 0 bridgehead atoms. The van der Waals surface area contributed by atoms with Crippen LogP contribution < -0.4 is 5.73 Å². The number of aliphatic hydroxyl groups excluding tert-OH is 1. The van der Waals surface area contributed by atoms with Gasteiger partial charge in [0.2, 0.25) is 0 Å². The Balaban J connectivity index is 3.20. The van der Waals surface area contributed by atoms with E-state index in [9.17, 15) is 5.11 Å². The lowest BCUT2D eigenvalue weighted by Gasteiger charge is -2.23. The SMILES string of the molecule is CC(N)(CO)c1cc(S)ccc1O. The zero-order valence-electron chi connectivity index (χ0n) is 7.36. The lowest BCUT2D eigenvalue weighted by Crippen LogP contribution is -2.36. The van der Waals surface area contributed by atoms with Gasteiger partial charge in [-0.25, -0.2) is 0 Å². The Hall–Kier alpha value is -0.710. The number of hydrogen-bond acceptors (Lipinski definition) is 4. The zero-order valence-corrected chi connectivity index (χ0v) is 8.25. The number of phenols is 1. The van der Waals surface area contributed by atoms with Crippen LogP contribution in [0.1, 0.15) is 12.5 Å². The molecule has 0 spiro atoms. The molecule has 72 valence electrons. The molecule has 4 heteroatoms. The second kappa shape index (κ2) is 3.57. The topological polar surface area (TPSA) is 66.5 Å². The Labute approximate surface area is 82.6 Å². The van der Waals surface area contributed by atoms with E-state index >= 15 is 0 Å². The van der Waals surface area contributed by atoms with Gasteiger partial charge in [-0.05, 0) is 25.1 Å². The summed E-state index contributed by atoms with van der Waals surface area (Å²) in [7, 11) is 0. The molecule has 0 aliphatic heterocycles. The van der Waals surface area contributed by atoms with Gasteiger partial charge in [-0.2, -0.15) is 0 Å².